The van der Waals surface area contributed by atoms with Gasteiger partial charge in [-0.2, -0.15) is 0 Å². The standard InChI is InChI=1S/C54H44N6O3/c1-62-43-11-7-37(8-12-43)53-47-17-16-46(59-47)52(38-22-27-55-28-23-38)41-6-5-40(33-41)51(36-9-13-44(14-10-36)63-31-3-2-4-42(61)32-35-21-26-57-34-35)45-15-18-49(58-45)54(39-24-29-56-30-25-39)50-20-19-48(53)60-50/h5-30,34,57,60H,2-4,31-33H2,1H3. The van der Waals surface area contributed by atoms with Gasteiger partial charge in [-0.05, 0) is 149 Å². The van der Waals surface area contributed by atoms with Gasteiger partial charge >= 0.3 is 0 Å². The molecule has 0 fully saturated rings. The van der Waals surface area contributed by atoms with Crippen molar-refractivity contribution in [2.75, 3.05) is 13.7 Å². The van der Waals surface area contributed by atoms with Crippen LogP contribution in [-0.2, 0) is 11.2 Å². The minimum Gasteiger partial charge on any atom is -0.497 e. The maximum atomic E-state index is 12.4. The lowest BCUT2D eigenvalue weighted by molar-refractivity contribution is -0.118. The Balaban J connectivity index is 1.06. The van der Waals surface area contributed by atoms with Crippen LogP contribution in [-0.4, -0.2) is 50.9 Å². The molecule has 0 amide bonds. The molecule has 0 saturated carbocycles. The molecule has 9 nitrogen and oxygen atoms in total. The van der Waals surface area contributed by atoms with Gasteiger partial charge in [-0.25, -0.2) is 9.98 Å². The molecule has 4 aromatic heterocycles. The number of carbonyl (C=O) groups is 1. The number of ketones is 1. The first-order valence-corrected chi connectivity index (χ1v) is 21.3. The fraction of sp³-hybridized carbons (Fsp3) is 0.130. The summed E-state index contributed by atoms with van der Waals surface area (Å²) >= 11 is 0. The van der Waals surface area contributed by atoms with Gasteiger partial charge in [-0.3, -0.25) is 14.8 Å². The molecule has 308 valence electrons. The summed E-state index contributed by atoms with van der Waals surface area (Å²) in [4.78, 5) is 38.8. The van der Waals surface area contributed by atoms with Gasteiger partial charge in [-0.15, -0.1) is 0 Å². The van der Waals surface area contributed by atoms with Crippen LogP contribution >= 0.6 is 0 Å². The number of aromatic nitrogens is 4. The number of fused-ring (bicyclic) bond motifs is 6. The summed E-state index contributed by atoms with van der Waals surface area (Å²) in [6, 6.07) is 30.8. The number of aliphatic imine (C=N–C) groups is 2. The van der Waals surface area contributed by atoms with Crippen LogP contribution in [0.5, 0.6) is 11.5 Å². The lowest BCUT2D eigenvalue weighted by Crippen LogP contribution is -2.04. The Morgan fingerprint density at radius 3 is 1.68 bits per heavy atom. The number of hydrogen-bond donors (Lipinski definition) is 2. The number of Topliss-reactive ketones (excluding diaryl/α,β-unsaturated/α-hetero) is 1. The van der Waals surface area contributed by atoms with E-state index < -0.39 is 0 Å². The van der Waals surface area contributed by atoms with Crippen LogP contribution in [0.1, 0.15) is 64.9 Å². The number of carbonyl (C=O) groups excluding carboxylic acids is 1. The molecular formula is C54H44N6O3. The molecule has 6 aromatic rings. The zero-order valence-electron chi connectivity index (χ0n) is 34.8. The topological polar surface area (TPSA) is 118 Å². The van der Waals surface area contributed by atoms with Crippen molar-refractivity contribution in [3.8, 4) is 11.5 Å². The van der Waals surface area contributed by atoms with E-state index >= 15 is 0 Å². The summed E-state index contributed by atoms with van der Waals surface area (Å²) in [6.45, 7) is 0.540. The van der Waals surface area contributed by atoms with E-state index in [0.29, 0.717) is 25.9 Å². The second-order valence-corrected chi connectivity index (χ2v) is 15.7. The van der Waals surface area contributed by atoms with E-state index in [1.165, 1.54) is 0 Å². The number of benzene rings is 2. The van der Waals surface area contributed by atoms with Crippen LogP contribution < -0.4 is 9.47 Å². The number of aromatic amines is 2. The average molecular weight is 825 g/mol. The first kappa shape index (κ1) is 39.2. The highest BCUT2D eigenvalue weighted by molar-refractivity contribution is 6.34. The number of nitrogens with one attached hydrogen (secondary N) is 2. The van der Waals surface area contributed by atoms with E-state index in [1.807, 2.05) is 79.6 Å². The van der Waals surface area contributed by atoms with E-state index in [2.05, 4.69) is 105 Å². The van der Waals surface area contributed by atoms with Crippen LogP contribution in [0.3, 0.4) is 0 Å². The van der Waals surface area contributed by atoms with Crippen molar-refractivity contribution in [2.24, 2.45) is 9.98 Å². The summed E-state index contributed by atoms with van der Waals surface area (Å²) in [5.41, 5.74) is 16.8. The number of unbranched alkanes of at least 4 members (excludes halogenated alkanes) is 1. The highest BCUT2D eigenvalue weighted by Gasteiger charge is 2.27. The van der Waals surface area contributed by atoms with Crippen molar-refractivity contribution in [3.05, 3.63) is 226 Å². The van der Waals surface area contributed by atoms with Gasteiger partial charge in [0.1, 0.15) is 17.3 Å². The zero-order valence-corrected chi connectivity index (χ0v) is 34.8. The quantitative estimate of drug-likeness (QED) is 0.112. The maximum absolute atomic E-state index is 12.4. The van der Waals surface area contributed by atoms with Crippen molar-refractivity contribution in [1.29, 1.82) is 0 Å². The van der Waals surface area contributed by atoms with Crippen molar-refractivity contribution in [2.45, 2.75) is 32.1 Å². The average Bonchev–Trinajstić information content (AvgIpc) is 4.20. The molecule has 9 heteroatoms. The second-order valence-electron chi connectivity index (χ2n) is 15.7. The summed E-state index contributed by atoms with van der Waals surface area (Å²) < 4.78 is 11.7. The number of allylic oxidation sites excluding steroid dienone is 10. The highest BCUT2D eigenvalue weighted by Crippen LogP contribution is 2.41. The molecule has 3 aliphatic heterocycles. The van der Waals surface area contributed by atoms with E-state index in [9.17, 15) is 4.79 Å². The predicted octanol–water partition coefficient (Wildman–Crippen LogP) is 10.9. The Kier molecular flexibility index (Phi) is 11.0. The molecule has 4 aliphatic rings. The highest BCUT2D eigenvalue weighted by atomic mass is 16.5. The molecular weight excluding hydrogens is 781 g/mol. The van der Waals surface area contributed by atoms with Gasteiger partial charge in [0.25, 0.3) is 0 Å². The Morgan fingerprint density at radius 1 is 0.587 bits per heavy atom. The van der Waals surface area contributed by atoms with Crippen LogP contribution in [0.2, 0.25) is 0 Å². The SMILES string of the molecule is COc1ccc(C2=C3C=CC(=N3)C(c3ccncc3)=C3C=CC(=C(c4ccc(OCCCCC(=O)Cc5cc[nH]c5)cc4)C4=NC(=C(c5ccncc5)c5ccc2[nH]5)C=C4)C3)cc1. The summed E-state index contributed by atoms with van der Waals surface area (Å²) in [5.74, 6) is 1.82. The van der Waals surface area contributed by atoms with Crippen LogP contribution in [0.25, 0.3) is 22.3 Å². The van der Waals surface area contributed by atoms with E-state index in [4.69, 9.17) is 19.5 Å². The molecule has 2 N–H and O–H groups in total. The third-order valence-electron chi connectivity index (χ3n) is 11.7. The number of nitrogens with zero attached hydrogens (tertiary/aromatic N) is 4. The summed E-state index contributed by atoms with van der Waals surface area (Å²) in [5, 5.41) is 0. The number of hydrogen-bond acceptors (Lipinski definition) is 7. The Hall–Kier alpha value is -7.91. The Morgan fingerprint density at radius 2 is 1.13 bits per heavy atom. The monoisotopic (exact) mass is 824 g/mol. The van der Waals surface area contributed by atoms with Crippen LogP contribution in [0.15, 0.2) is 197 Å². The van der Waals surface area contributed by atoms with Gasteiger partial charge < -0.3 is 19.4 Å². The lowest BCUT2D eigenvalue weighted by atomic mass is 9.91. The van der Waals surface area contributed by atoms with E-state index in [-0.39, 0.29) is 5.78 Å². The molecule has 0 unspecified atom stereocenters. The maximum Gasteiger partial charge on any atom is 0.137 e. The van der Waals surface area contributed by atoms with Gasteiger partial charge in [-0.1, -0.05) is 36.4 Å². The first-order chi connectivity index (χ1) is 31.1. The third kappa shape index (κ3) is 8.29. The Bertz CT molecular complexity index is 2970. The van der Waals surface area contributed by atoms with Gasteiger partial charge in [0, 0.05) is 83.7 Å². The number of ether oxygens (including phenoxy) is 2. The minimum absolute atomic E-state index is 0.246. The van der Waals surface area contributed by atoms with Crippen molar-refractivity contribution in [1.82, 2.24) is 19.9 Å². The first-order valence-electron chi connectivity index (χ1n) is 21.3. The van der Waals surface area contributed by atoms with E-state index in [0.717, 1.165) is 120 Å². The zero-order chi connectivity index (χ0) is 42.5. The summed E-state index contributed by atoms with van der Waals surface area (Å²) in [7, 11) is 1.68. The molecule has 63 heavy (non-hydrogen) atoms. The second kappa shape index (κ2) is 17.6. The minimum atomic E-state index is 0.246. The van der Waals surface area contributed by atoms with Crippen LogP contribution in [0.4, 0.5) is 0 Å². The molecule has 2 aromatic carbocycles. The fourth-order valence-corrected chi connectivity index (χ4v) is 8.63. The van der Waals surface area contributed by atoms with Crippen molar-refractivity contribution >= 4 is 39.5 Å². The number of rotatable bonds is 13. The summed E-state index contributed by atoms with van der Waals surface area (Å²) in [6.07, 6.45) is 27.2. The third-order valence-corrected chi connectivity index (χ3v) is 11.7. The van der Waals surface area contributed by atoms with Crippen molar-refractivity contribution in [3.63, 3.8) is 0 Å². The molecule has 8 bridgehead atoms. The largest absolute Gasteiger partial charge is 0.497 e. The fourth-order valence-electron chi connectivity index (χ4n) is 8.63. The van der Waals surface area contributed by atoms with Crippen molar-refractivity contribution < 1.29 is 14.3 Å². The normalized spacial score (nSPS) is 15.4. The van der Waals surface area contributed by atoms with E-state index in [1.54, 1.807) is 7.11 Å². The smallest absolute Gasteiger partial charge is 0.137 e. The molecule has 7 heterocycles. The van der Waals surface area contributed by atoms with Crippen LogP contribution in [0, 0.1) is 0 Å². The van der Waals surface area contributed by atoms with Gasteiger partial charge in [0.2, 0.25) is 0 Å². The molecule has 0 radical (unpaired) electrons. The Labute approximate surface area is 366 Å². The van der Waals surface area contributed by atoms with Gasteiger partial charge in [0.05, 0.1) is 36.5 Å². The molecule has 0 spiro atoms. The number of H-pyrrole nitrogens is 2. The lowest BCUT2D eigenvalue weighted by Gasteiger charge is -2.15. The molecule has 0 atom stereocenters. The number of methoxy groups -OCH3 is 1. The van der Waals surface area contributed by atoms with Gasteiger partial charge in [0.15, 0.2) is 0 Å². The molecule has 10 rings (SSSR count). The number of pyridine rings is 2. The molecule has 0 saturated heterocycles. The predicted molar refractivity (Wildman–Crippen MR) is 250 cm³/mol. The molecule has 1 aliphatic carbocycles.